The molecule has 104 valence electrons. The Balaban J connectivity index is 1.83. The van der Waals surface area contributed by atoms with Crippen LogP contribution >= 0.6 is 0 Å². The summed E-state index contributed by atoms with van der Waals surface area (Å²) in [4.78, 5) is 22.4. The maximum atomic E-state index is 11.9. The second-order valence-electron chi connectivity index (χ2n) is 4.49. The van der Waals surface area contributed by atoms with E-state index in [1.165, 1.54) is 10.9 Å². The van der Waals surface area contributed by atoms with Crippen LogP contribution in [0.1, 0.15) is 19.0 Å². The lowest BCUT2D eigenvalue weighted by Crippen LogP contribution is -2.33. The molecule has 8 nitrogen and oxygen atoms in total. The summed E-state index contributed by atoms with van der Waals surface area (Å²) in [5.41, 5.74) is 0.529. The van der Waals surface area contributed by atoms with Crippen LogP contribution in [0.25, 0.3) is 0 Å². The average molecular weight is 268 g/mol. The lowest BCUT2D eigenvalue weighted by atomic mass is 10.0. The van der Waals surface area contributed by atoms with E-state index in [0.29, 0.717) is 12.3 Å². The van der Waals surface area contributed by atoms with E-state index in [-0.39, 0.29) is 31.0 Å². The molecule has 2 atom stereocenters. The van der Waals surface area contributed by atoms with Crippen molar-refractivity contribution >= 4 is 11.9 Å². The van der Waals surface area contributed by atoms with Gasteiger partial charge in [0.05, 0.1) is 24.8 Å². The molecule has 2 heterocycles. The number of amides is 1. The Hall–Kier alpha value is -1.96. The van der Waals surface area contributed by atoms with Gasteiger partial charge in [0.15, 0.2) is 0 Å². The van der Waals surface area contributed by atoms with Crippen LogP contribution in [0.5, 0.6) is 0 Å². The Kier molecular flexibility index (Phi) is 4.10. The van der Waals surface area contributed by atoms with Gasteiger partial charge < -0.3 is 15.2 Å². The van der Waals surface area contributed by atoms with Crippen LogP contribution in [0.4, 0.5) is 0 Å². The maximum absolute atomic E-state index is 11.9. The van der Waals surface area contributed by atoms with Gasteiger partial charge in [-0.2, -0.15) is 0 Å². The van der Waals surface area contributed by atoms with Crippen molar-refractivity contribution in [3.63, 3.8) is 0 Å². The topological polar surface area (TPSA) is 106 Å². The molecule has 0 aromatic carbocycles. The molecule has 1 fully saturated rings. The van der Waals surface area contributed by atoms with Gasteiger partial charge in [-0.1, -0.05) is 5.21 Å². The smallest absolute Gasteiger partial charge is 0.325 e. The fourth-order valence-corrected chi connectivity index (χ4v) is 2.02. The third-order valence-corrected chi connectivity index (χ3v) is 3.04. The van der Waals surface area contributed by atoms with Gasteiger partial charge in [-0.25, -0.2) is 4.68 Å². The Labute approximate surface area is 109 Å². The van der Waals surface area contributed by atoms with Gasteiger partial charge in [-0.05, 0) is 13.3 Å². The van der Waals surface area contributed by atoms with E-state index in [4.69, 9.17) is 9.84 Å². The van der Waals surface area contributed by atoms with E-state index in [1.807, 2.05) is 6.92 Å². The zero-order chi connectivity index (χ0) is 13.8. The summed E-state index contributed by atoms with van der Waals surface area (Å²) in [5, 5.41) is 18.8. The van der Waals surface area contributed by atoms with E-state index >= 15 is 0 Å². The minimum atomic E-state index is -0.989. The van der Waals surface area contributed by atoms with Crippen LogP contribution in [0, 0.1) is 5.92 Å². The zero-order valence-corrected chi connectivity index (χ0v) is 10.6. The highest BCUT2D eigenvalue weighted by atomic mass is 16.5. The van der Waals surface area contributed by atoms with E-state index in [9.17, 15) is 9.59 Å². The molecule has 1 aliphatic heterocycles. The molecule has 0 aliphatic carbocycles. The van der Waals surface area contributed by atoms with Crippen molar-refractivity contribution in [2.45, 2.75) is 32.5 Å². The van der Waals surface area contributed by atoms with Crippen LogP contribution in [-0.2, 0) is 27.4 Å². The molecule has 1 saturated heterocycles. The number of ether oxygens (including phenoxy) is 1. The summed E-state index contributed by atoms with van der Waals surface area (Å²) in [6, 6.07) is 0. The number of nitrogens with zero attached hydrogens (tertiary/aromatic N) is 3. The number of nitrogens with one attached hydrogen (secondary N) is 1. The van der Waals surface area contributed by atoms with Crippen molar-refractivity contribution in [1.82, 2.24) is 20.3 Å². The molecular weight excluding hydrogens is 252 g/mol. The first-order valence-corrected chi connectivity index (χ1v) is 6.06. The molecule has 1 amide bonds. The Bertz CT molecular complexity index is 473. The number of aliphatic carboxylic acids is 1. The fraction of sp³-hybridized carbons (Fsp3) is 0.636. The van der Waals surface area contributed by atoms with Crippen LogP contribution in [0.3, 0.4) is 0 Å². The van der Waals surface area contributed by atoms with Crippen molar-refractivity contribution < 1.29 is 19.4 Å². The van der Waals surface area contributed by atoms with Crippen molar-refractivity contribution in [2.75, 3.05) is 6.61 Å². The standard InChI is InChI=1S/C11H16N4O4/c1-7-9(2-3-19-7)11(18)12-4-8-5-15(14-13-8)6-10(16)17/h5,7,9H,2-4,6H2,1H3,(H,12,18)(H,16,17). The second kappa shape index (κ2) is 5.79. The monoisotopic (exact) mass is 268 g/mol. The van der Waals surface area contributed by atoms with Crippen molar-refractivity contribution in [3.8, 4) is 0 Å². The van der Waals surface area contributed by atoms with Crippen LogP contribution in [0.15, 0.2) is 6.20 Å². The molecule has 2 rings (SSSR count). The van der Waals surface area contributed by atoms with Crippen molar-refractivity contribution in [1.29, 1.82) is 0 Å². The van der Waals surface area contributed by atoms with Gasteiger partial charge in [0, 0.05) is 6.61 Å². The molecule has 2 unspecified atom stereocenters. The summed E-state index contributed by atoms with van der Waals surface area (Å²) in [5.74, 6) is -1.19. The van der Waals surface area contributed by atoms with E-state index in [0.717, 1.165) is 6.42 Å². The quantitative estimate of drug-likeness (QED) is 0.739. The molecule has 19 heavy (non-hydrogen) atoms. The normalized spacial score (nSPS) is 22.4. The van der Waals surface area contributed by atoms with Gasteiger partial charge in [-0.15, -0.1) is 5.10 Å². The summed E-state index contributed by atoms with van der Waals surface area (Å²) in [6.07, 6.45) is 2.16. The molecule has 8 heteroatoms. The van der Waals surface area contributed by atoms with Crippen molar-refractivity contribution in [3.05, 3.63) is 11.9 Å². The van der Waals surface area contributed by atoms with Crippen LogP contribution in [0.2, 0.25) is 0 Å². The number of carbonyl (C=O) groups excluding carboxylic acids is 1. The lowest BCUT2D eigenvalue weighted by molar-refractivity contribution is -0.138. The highest BCUT2D eigenvalue weighted by Gasteiger charge is 2.30. The average Bonchev–Trinajstić information content (AvgIpc) is 2.94. The highest BCUT2D eigenvalue weighted by molar-refractivity contribution is 5.79. The number of hydrogen-bond donors (Lipinski definition) is 2. The SMILES string of the molecule is CC1OCCC1C(=O)NCc1cn(CC(=O)O)nn1. The summed E-state index contributed by atoms with van der Waals surface area (Å²) < 4.78 is 6.54. The highest BCUT2D eigenvalue weighted by Crippen LogP contribution is 2.20. The molecule has 1 aromatic rings. The maximum Gasteiger partial charge on any atom is 0.325 e. The van der Waals surface area contributed by atoms with Gasteiger partial charge in [0.2, 0.25) is 5.91 Å². The van der Waals surface area contributed by atoms with Gasteiger partial charge in [0.25, 0.3) is 0 Å². The number of carboxylic acids is 1. The van der Waals surface area contributed by atoms with Gasteiger partial charge in [-0.3, -0.25) is 9.59 Å². The number of rotatable bonds is 5. The molecule has 1 aromatic heterocycles. The Morgan fingerprint density at radius 1 is 1.63 bits per heavy atom. The van der Waals surface area contributed by atoms with Gasteiger partial charge in [0.1, 0.15) is 12.2 Å². The first-order chi connectivity index (χ1) is 9.06. The minimum Gasteiger partial charge on any atom is -0.480 e. The van der Waals surface area contributed by atoms with E-state index in [1.54, 1.807) is 0 Å². The Morgan fingerprint density at radius 2 is 2.42 bits per heavy atom. The first-order valence-electron chi connectivity index (χ1n) is 6.06. The van der Waals surface area contributed by atoms with Crippen LogP contribution in [-0.4, -0.2) is 44.7 Å². The molecule has 2 N–H and O–H groups in total. The predicted octanol–water partition coefficient (Wildman–Crippen LogP) is -0.596. The Morgan fingerprint density at radius 3 is 3.05 bits per heavy atom. The van der Waals surface area contributed by atoms with Crippen LogP contribution < -0.4 is 5.32 Å². The molecule has 0 spiro atoms. The number of hydrogen-bond acceptors (Lipinski definition) is 5. The van der Waals surface area contributed by atoms with E-state index in [2.05, 4.69) is 15.6 Å². The number of aromatic nitrogens is 3. The van der Waals surface area contributed by atoms with Crippen molar-refractivity contribution in [2.24, 2.45) is 5.92 Å². The lowest BCUT2D eigenvalue weighted by Gasteiger charge is -2.13. The fourth-order valence-electron chi connectivity index (χ4n) is 2.02. The second-order valence-corrected chi connectivity index (χ2v) is 4.49. The molecular formula is C11H16N4O4. The molecule has 0 bridgehead atoms. The minimum absolute atomic E-state index is 0.0670. The third kappa shape index (κ3) is 3.50. The summed E-state index contributed by atoms with van der Waals surface area (Å²) in [6.45, 7) is 2.48. The number of carboxylic acid groups (broad SMARTS) is 1. The zero-order valence-electron chi connectivity index (χ0n) is 10.6. The summed E-state index contributed by atoms with van der Waals surface area (Å²) in [7, 11) is 0. The van der Waals surface area contributed by atoms with Gasteiger partial charge >= 0.3 is 5.97 Å². The molecule has 1 aliphatic rings. The predicted molar refractivity (Wildman–Crippen MR) is 63.0 cm³/mol. The third-order valence-electron chi connectivity index (χ3n) is 3.04. The number of carbonyl (C=O) groups is 2. The molecule has 0 radical (unpaired) electrons. The summed E-state index contributed by atoms with van der Waals surface area (Å²) >= 11 is 0. The largest absolute Gasteiger partial charge is 0.480 e. The first kappa shape index (κ1) is 13.5. The van der Waals surface area contributed by atoms with E-state index < -0.39 is 5.97 Å². The molecule has 0 saturated carbocycles.